The van der Waals surface area contributed by atoms with Crippen molar-refractivity contribution in [2.45, 2.75) is 6.61 Å². The van der Waals surface area contributed by atoms with Crippen molar-refractivity contribution in [3.05, 3.63) is 59.2 Å². The molecule has 7 heteroatoms. The number of phenolic OH excluding ortho intramolecular Hbond substituents is 1. The second-order valence-corrected chi connectivity index (χ2v) is 4.36. The van der Waals surface area contributed by atoms with Crippen LogP contribution in [0.1, 0.15) is 21.5 Å². The highest BCUT2D eigenvalue weighted by Crippen LogP contribution is 2.26. The van der Waals surface area contributed by atoms with E-state index >= 15 is 0 Å². The van der Waals surface area contributed by atoms with Gasteiger partial charge in [0.1, 0.15) is 18.1 Å². The fourth-order valence-electron chi connectivity index (χ4n) is 1.86. The van der Waals surface area contributed by atoms with Crippen LogP contribution in [-0.2, 0) is 6.61 Å². The van der Waals surface area contributed by atoms with Crippen molar-refractivity contribution in [1.29, 1.82) is 5.41 Å². The number of aromatic hydroxyl groups is 1. The molecule has 0 aromatic heterocycles. The van der Waals surface area contributed by atoms with Crippen LogP contribution in [0.2, 0.25) is 0 Å². The van der Waals surface area contributed by atoms with E-state index in [0.717, 1.165) is 5.56 Å². The van der Waals surface area contributed by atoms with Gasteiger partial charge in [-0.05, 0) is 23.8 Å². The van der Waals surface area contributed by atoms with Gasteiger partial charge in [-0.2, -0.15) is 0 Å². The van der Waals surface area contributed by atoms with Gasteiger partial charge in [-0.3, -0.25) is 10.2 Å². The van der Waals surface area contributed by atoms with Gasteiger partial charge in [-0.15, -0.1) is 5.11 Å². The maximum atomic E-state index is 11.0. The average Bonchev–Trinajstić information content (AvgIpc) is 2.53. The first-order valence-corrected chi connectivity index (χ1v) is 6.34. The summed E-state index contributed by atoms with van der Waals surface area (Å²) in [7, 11) is 0. The zero-order valence-electron chi connectivity index (χ0n) is 11.6. The third-order valence-corrected chi connectivity index (χ3v) is 2.91. The lowest BCUT2D eigenvalue weighted by atomic mass is 10.1. The fraction of sp³-hybridized carbons (Fsp3) is 0.0667. The van der Waals surface area contributed by atoms with Gasteiger partial charge in [0, 0.05) is 5.56 Å². The van der Waals surface area contributed by atoms with E-state index in [-0.39, 0.29) is 29.5 Å². The summed E-state index contributed by atoms with van der Waals surface area (Å²) in [5.74, 6) is 5.02. The van der Waals surface area contributed by atoms with Gasteiger partial charge in [0.15, 0.2) is 12.1 Å². The van der Waals surface area contributed by atoms with Crippen molar-refractivity contribution >= 4 is 12.1 Å². The van der Waals surface area contributed by atoms with Crippen LogP contribution in [0.25, 0.3) is 0 Å². The Labute approximate surface area is 126 Å². The predicted molar refractivity (Wildman–Crippen MR) is 80.1 cm³/mol. The molecule has 0 aliphatic heterocycles. The first-order valence-electron chi connectivity index (χ1n) is 6.34. The number of nitrogens with two attached hydrogens (primary N) is 1. The van der Waals surface area contributed by atoms with Gasteiger partial charge in [0.25, 0.3) is 0 Å². The van der Waals surface area contributed by atoms with Crippen LogP contribution in [0.4, 0.5) is 0 Å². The number of ether oxygens (including phenoxy) is 1. The van der Waals surface area contributed by atoms with Gasteiger partial charge in [0.2, 0.25) is 0 Å². The summed E-state index contributed by atoms with van der Waals surface area (Å²) in [5, 5.41) is 23.8. The van der Waals surface area contributed by atoms with E-state index in [1.54, 1.807) is 36.4 Å². The largest absolute Gasteiger partial charge is 0.507 e. The summed E-state index contributed by atoms with van der Waals surface area (Å²) in [6.07, 6.45) is 0.540. The Morgan fingerprint density at radius 1 is 1.32 bits per heavy atom. The Balaban J connectivity index is 2.16. The smallest absolute Gasteiger partial charge is 0.176 e. The minimum absolute atomic E-state index is 0.0599. The number of phenols is 1. The van der Waals surface area contributed by atoms with Crippen molar-refractivity contribution in [2.75, 3.05) is 0 Å². The van der Waals surface area contributed by atoms with Crippen LogP contribution >= 0.6 is 0 Å². The fourth-order valence-corrected chi connectivity index (χ4v) is 1.86. The van der Waals surface area contributed by atoms with Crippen LogP contribution in [0.5, 0.6) is 11.5 Å². The topological polar surface area (TPSA) is 121 Å². The Bertz CT molecular complexity index is 728. The molecule has 0 saturated carbocycles. The summed E-state index contributed by atoms with van der Waals surface area (Å²) in [6.45, 7) is 0.172. The van der Waals surface area contributed by atoms with E-state index in [4.69, 9.17) is 16.0 Å². The van der Waals surface area contributed by atoms with E-state index in [9.17, 15) is 9.90 Å². The summed E-state index contributed by atoms with van der Waals surface area (Å²) >= 11 is 0. The highest BCUT2D eigenvalue weighted by atomic mass is 16.5. The molecule has 0 heterocycles. The molecular weight excluding hydrogens is 284 g/mol. The van der Waals surface area contributed by atoms with Crippen molar-refractivity contribution in [3.63, 3.8) is 0 Å². The maximum Gasteiger partial charge on any atom is 0.176 e. The zero-order valence-corrected chi connectivity index (χ0v) is 11.6. The molecule has 0 aliphatic carbocycles. The Hall–Kier alpha value is -3.22. The number of rotatable bonds is 5. The molecule has 0 amide bonds. The molecule has 2 aromatic carbocycles. The molecule has 0 bridgehead atoms. The van der Waals surface area contributed by atoms with Crippen LogP contribution in [0, 0.1) is 5.41 Å². The summed E-state index contributed by atoms with van der Waals surface area (Å²) < 4.78 is 5.55. The lowest BCUT2D eigenvalue weighted by Gasteiger charge is -2.10. The number of carbonyl (C=O) groups excluding carboxylic acids is 1. The first kappa shape index (κ1) is 15.2. The minimum Gasteiger partial charge on any atom is -0.507 e. The highest BCUT2D eigenvalue weighted by molar-refractivity contribution is 5.96. The minimum atomic E-state index is -0.133. The second-order valence-electron chi connectivity index (χ2n) is 4.36. The van der Waals surface area contributed by atoms with E-state index in [0.29, 0.717) is 11.8 Å². The van der Waals surface area contributed by atoms with Gasteiger partial charge >= 0.3 is 0 Å². The molecule has 0 aliphatic rings. The summed E-state index contributed by atoms with van der Waals surface area (Å²) in [5.41, 5.74) is 1.42. The molecule has 7 nitrogen and oxygen atoms in total. The lowest BCUT2D eigenvalue weighted by molar-refractivity contribution is 0.111. The zero-order chi connectivity index (χ0) is 15.9. The molecule has 22 heavy (non-hydrogen) atoms. The van der Waals surface area contributed by atoms with Crippen molar-refractivity contribution in [3.8, 4) is 11.5 Å². The number of hydrogen-bond donors (Lipinski definition) is 3. The first-order chi connectivity index (χ1) is 10.7. The molecule has 112 valence electrons. The molecule has 2 rings (SSSR count). The van der Waals surface area contributed by atoms with Crippen LogP contribution in [0.3, 0.4) is 0 Å². The quantitative estimate of drug-likeness (QED) is 0.196. The van der Waals surface area contributed by atoms with E-state index in [2.05, 4.69) is 10.3 Å². The number of benzene rings is 2. The van der Waals surface area contributed by atoms with Crippen LogP contribution in [-0.4, -0.2) is 17.2 Å². The number of aldehydes is 1. The molecule has 0 unspecified atom stereocenters. The van der Waals surface area contributed by atoms with Crippen molar-refractivity contribution < 1.29 is 14.6 Å². The molecule has 4 N–H and O–H groups in total. The summed E-state index contributed by atoms with van der Waals surface area (Å²) in [6, 6.07) is 11.6. The standard InChI is InChI=1S/C15H14N4O3/c16-15(18-19-17)11-4-1-3-10(7-11)9-22-14-6-2-5-13(21)12(14)8-20/h1-8,21H,9H2,(H3,16,17,18). The van der Waals surface area contributed by atoms with Crippen LogP contribution < -0.4 is 10.6 Å². The van der Waals surface area contributed by atoms with E-state index < -0.39 is 0 Å². The van der Waals surface area contributed by atoms with Crippen molar-refractivity contribution in [1.82, 2.24) is 0 Å². The van der Waals surface area contributed by atoms with Crippen LogP contribution in [0.15, 0.2) is 52.8 Å². The van der Waals surface area contributed by atoms with E-state index in [1.807, 2.05) is 0 Å². The van der Waals surface area contributed by atoms with Gasteiger partial charge in [0.05, 0.1) is 5.56 Å². The Morgan fingerprint density at radius 3 is 2.82 bits per heavy atom. The Kier molecular flexibility index (Phi) is 4.81. The number of hydrogen-bond acceptors (Lipinski definition) is 5. The second kappa shape index (κ2) is 6.98. The monoisotopic (exact) mass is 298 g/mol. The lowest BCUT2D eigenvalue weighted by Crippen LogP contribution is -2.01. The number of carbonyl (C=O) groups is 1. The predicted octanol–water partition coefficient (Wildman–Crippen LogP) is 2.43. The normalized spacial score (nSPS) is 10.5. The molecule has 0 spiro atoms. The van der Waals surface area contributed by atoms with Gasteiger partial charge < -0.3 is 15.7 Å². The SMILES string of the molecule is N=C(N=NN)c1cccc(COc2cccc(O)c2C=O)c1. The number of nitrogens with one attached hydrogen (secondary N) is 1. The molecular formula is C15H14N4O3. The third-order valence-electron chi connectivity index (χ3n) is 2.91. The Morgan fingerprint density at radius 2 is 2.09 bits per heavy atom. The van der Waals surface area contributed by atoms with Gasteiger partial charge in [-0.1, -0.05) is 29.5 Å². The number of nitrogens with zero attached hydrogens (tertiary/aromatic N) is 2. The molecule has 0 fully saturated rings. The van der Waals surface area contributed by atoms with Gasteiger partial charge in [-0.25, -0.2) is 0 Å². The molecule has 2 aromatic rings. The summed E-state index contributed by atoms with van der Waals surface area (Å²) in [4.78, 5) is 11.0. The molecule has 0 saturated heterocycles. The van der Waals surface area contributed by atoms with Crippen molar-refractivity contribution in [2.24, 2.45) is 16.2 Å². The molecule has 0 atom stereocenters. The maximum absolute atomic E-state index is 11.0. The highest BCUT2D eigenvalue weighted by Gasteiger charge is 2.08. The number of amidine groups is 1. The third kappa shape index (κ3) is 3.45. The molecule has 0 radical (unpaired) electrons. The van der Waals surface area contributed by atoms with E-state index in [1.165, 1.54) is 6.07 Å². The average molecular weight is 298 g/mol.